The van der Waals surface area contributed by atoms with Gasteiger partial charge in [0.15, 0.2) is 0 Å². The van der Waals surface area contributed by atoms with E-state index in [2.05, 4.69) is 15.5 Å². The fraction of sp³-hybridized carbons (Fsp3) is 0.318. The van der Waals surface area contributed by atoms with Gasteiger partial charge in [-0.15, -0.1) is 0 Å². The number of halogens is 3. The summed E-state index contributed by atoms with van der Waals surface area (Å²) in [5, 5.41) is 7.03. The van der Waals surface area contributed by atoms with Crippen molar-refractivity contribution in [1.82, 2.24) is 15.5 Å². The predicted molar refractivity (Wildman–Crippen MR) is 103 cm³/mol. The third kappa shape index (κ3) is 4.08. The molecule has 30 heavy (non-hydrogen) atoms. The van der Waals surface area contributed by atoms with E-state index in [4.69, 9.17) is 4.52 Å². The van der Waals surface area contributed by atoms with E-state index in [0.29, 0.717) is 24.6 Å². The van der Waals surface area contributed by atoms with E-state index in [0.717, 1.165) is 37.0 Å². The standard InChI is InChI=1S/C22H20F3N3O2/c23-22(24,25)17-11-9-16(10-12-17)19(29)27-21(13-5-2-6-14-21)20-26-18(28-30-20)15-7-3-1-4-8-15/h1,3-4,7-12H,2,5-6,13-14H2,(H,27,29). The summed E-state index contributed by atoms with van der Waals surface area (Å²) >= 11 is 0. The molecule has 3 aromatic rings. The van der Waals surface area contributed by atoms with Crippen molar-refractivity contribution in [3.05, 3.63) is 71.6 Å². The molecule has 0 radical (unpaired) electrons. The van der Waals surface area contributed by atoms with Crippen LogP contribution < -0.4 is 5.32 Å². The monoisotopic (exact) mass is 415 g/mol. The first-order valence-corrected chi connectivity index (χ1v) is 9.77. The Morgan fingerprint density at radius 2 is 1.63 bits per heavy atom. The largest absolute Gasteiger partial charge is 0.416 e. The van der Waals surface area contributed by atoms with Crippen LogP contribution in [0.5, 0.6) is 0 Å². The average Bonchev–Trinajstić information content (AvgIpc) is 3.26. The van der Waals surface area contributed by atoms with Crippen molar-refractivity contribution in [3.63, 3.8) is 0 Å². The maximum atomic E-state index is 12.8. The number of amides is 1. The Morgan fingerprint density at radius 3 is 2.27 bits per heavy atom. The molecular weight excluding hydrogens is 395 g/mol. The van der Waals surface area contributed by atoms with Gasteiger partial charge in [-0.25, -0.2) is 0 Å². The second-order valence-corrected chi connectivity index (χ2v) is 7.46. The molecule has 156 valence electrons. The molecule has 1 amide bonds. The summed E-state index contributed by atoms with van der Waals surface area (Å²) in [7, 11) is 0. The van der Waals surface area contributed by atoms with Gasteiger partial charge in [0.25, 0.3) is 11.8 Å². The molecule has 0 atom stereocenters. The SMILES string of the molecule is O=C(NC1(c2nc(-c3ccccc3)no2)CCCCC1)c1ccc(C(F)(F)F)cc1. The number of hydrogen-bond donors (Lipinski definition) is 1. The van der Waals surface area contributed by atoms with Crippen molar-refractivity contribution in [1.29, 1.82) is 0 Å². The molecule has 8 heteroatoms. The predicted octanol–water partition coefficient (Wildman–Crippen LogP) is 5.34. The number of benzene rings is 2. The van der Waals surface area contributed by atoms with Crippen molar-refractivity contribution in [2.45, 2.75) is 43.8 Å². The molecule has 1 N–H and O–H groups in total. The molecule has 1 heterocycles. The van der Waals surface area contributed by atoms with Crippen LogP contribution in [0, 0.1) is 0 Å². The molecule has 1 aliphatic carbocycles. The topological polar surface area (TPSA) is 68.0 Å². The Hall–Kier alpha value is -3.16. The molecule has 1 aliphatic rings. The smallest absolute Gasteiger partial charge is 0.338 e. The summed E-state index contributed by atoms with van der Waals surface area (Å²) in [5.41, 5.74) is -0.683. The highest BCUT2D eigenvalue weighted by atomic mass is 19.4. The van der Waals surface area contributed by atoms with E-state index >= 15 is 0 Å². The lowest BCUT2D eigenvalue weighted by Crippen LogP contribution is -2.47. The molecule has 0 aliphatic heterocycles. The zero-order valence-electron chi connectivity index (χ0n) is 16.1. The first kappa shape index (κ1) is 20.1. The van der Waals surface area contributed by atoms with Crippen LogP contribution in [0.4, 0.5) is 13.2 Å². The van der Waals surface area contributed by atoms with Crippen molar-refractivity contribution in [2.24, 2.45) is 0 Å². The maximum Gasteiger partial charge on any atom is 0.416 e. The summed E-state index contributed by atoms with van der Waals surface area (Å²) in [4.78, 5) is 17.4. The molecule has 0 saturated heterocycles. The fourth-order valence-corrected chi connectivity index (χ4v) is 3.77. The third-order valence-electron chi connectivity index (χ3n) is 5.40. The van der Waals surface area contributed by atoms with Crippen LogP contribution >= 0.6 is 0 Å². The number of rotatable bonds is 4. The van der Waals surface area contributed by atoms with Crippen LogP contribution in [0.15, 0.2) is 59.1 Å². The van der Waals surface area contributed by atoms with Crippen molar-refractivity contribution in [2.75, 3.05) is 0 Å². The lowest BCUT2D eigenvalue weighted by Gasteiger charge is -2.34. The molecule has 0 bridgehead atoms. The van der Waals surface area contributed by atoms with E-state index in [9.17, 15) is 18.0 Å². The Balaban J connectivity index is 1.60. The number of alkyl halides is 3. The minimum absolute atomic E-state index is 0.149. The van der Waals surface area contributed by atoms with Gasteiger partial charge in [-0.2, -0.15) is 18.2 Å². The van der Waals surface area contributed by atoms with Gasteiger partial charge in [0.2, 0.25) is 5.82 Å². The lowest BCUT2D eigenvalue weighted by molar-refractivity contribution is -0.137. The first-order chi connectivity index (χ1) is 14.4. The number of carbonyl (C=O) groups excluding carboxylic acids is 1. The summed E-state index contributed by atoms with van der Waals surface area (Å²) < 4.78 is 43.9. The Bertz CT molecular complexity index is 1010. The summed E-state index contributed by atoms with van der Waals surface area (Å²) in [6.07, 6.45) is -0.437. The number of nitrogens with zero attached hydrogens (tertiary/aromatic N) is 2. The number of carbonyl (C=O) groups is 1. The molecular formula is C22H20F3N3O2. The molecule has 1 fully saturated rings. The molecule has 1 saturated carbocycles. The highest BCUT2D eigenvalue weighted by Gasteiger charge is 2.41. The number of hydrogen-bond acceptors (Lipinski definition) is 4. The van der Waals surface area contributed by atoms with Crippen LogP contribution in [0.25, 0.3) is 11.4 Å². The van der Waals surface area contributed by atoms with E-state index < -0.39 is 23.2 Å². The molecule has 0 spiro atoms. The van der Waals surface area contributed by atoms with Gasteiger partial charge in [0.1, 0.15) is 5.54 Å². The lowest BCUT2D eigenvalue weighted by atomic mass is 9.81. The Kier molecular flexibility index (Phi) is 5.32. The van der Waals surface area contributed by atoms with Crippen molar-refractivity contribution in [3.8, 4) is 11.4 Å². The van der Waals surface area contributed by atoms with Gasteiger partial charge in [-0.3, -0.25) is 4.79 Å². The van der Waals surface area contributed by atoms with Crippen LogP contribution in [0.1, 0.15) is 53.9 Å². The molecule has 1 aromatic heterocycles. The highest BCUT2D eigenvalue weighted by Crippen LogP contribution is 2.37. The maximum absolute atomic E-state index is 12.8. The summed E-state index contributed by atoms with van der Waals surface area (Å²) in [6, 6.07) is 13.5. The number of nitrogens with one attached hydrogen (secondary N) is 1. The third-order valence-corrected chi connectivity index (χ3v) is 5.40. The first-order valence-electron chi connectivity index (χ1n) is 9.77. The van der Waals surface area contributed by atoms with E-state index in [-0.39, 0.29) is 5.56 Å². The normalized spacial score (nSPS) is 16.2. The summed E-state index contributed by atoms with van der Waals surface area (Å²) in [5.74, 6) is 0.283. The van der Waals surface area contributed by atoms with Crippen molar-refractivity contribution < 1.29 is 22.5 Å². The van der Waals surface area contributed by atoms with Crippen LogP contribution in [0.2, 0.25) is 0 Å². The molecule has 5 nitrogen and oxygen atoms in total. The quantitative estimate of drug-likeness (QED) is 0.624. The second-order valence-electron chi connectivity index (χ2n) is 7.46. The van der Waals surface area contributed by atoms with Crippen LogP contribution in [0.3, 0.4) is 0 Å². The molecule has 0 unspecified atom stereocenters. The van der Waals surface area contributed by atoms with Gasteiger partial charge in [0.05, 0.1) is 5.56 Å². The van der Waals surface area contributed by atoms with Gasteiger partial charge in [-0.1, -0.05) is 54.8 Å². The van der Waals surface area contributed by atoms with E-state index in [1.807, 2.05) is 30.3 Å². The van der Waals surface area contributed by atoms with Crippen LogP contribution in [-0.2, 0) is 11.7 Å². The van der Waals surface area contributed by atoms with Crippen LogP contribution in [-0.4, -0.2) is 16.0 Å². The fourth-order valence-electron chi connectivity index (χ4n) is 3.77. The Labute approximate surface area is 171 Å². The molecule has 4 rings (SSSR count). The summed E-state index contributed by atoms with van der Waals surface area (Å²) in [6.45, 7) is 0. The minimum Gasteiger partial charge on any atom is -0.338 e. The zero-order valence-corrected chi connectivity index (χ0v) is 16.1. The van der Waals surface area contributed by atoms with E-state index in [1.54, 1.807) is 0 Å². The highest BCUT2D eigenvalue weighted by molar-refractivity contribution is 5.94. The van der Waals surface area contributed by atoms with Crippen molar-refractivity contribution >= 4 is 5.91 Å². The van der Waals surface area contributed by atoms with Gasteiger partial charge in [0, 0.05) is 11.1 Å². The minimum atomic E-state index is -4.45. The van der Waals surface area contributed by atoms with Gasteiger partial charge < -0.3 is 9.84 Å². The molecule has 2 aromatic carbocycles. The number of aromatic nitrogens is 2. The second kappa shape index (κ2) is 7.93. The average molecular weight is 415 g/mol. The van der Waals surface area contributed by atoms with E-state index in [1.165, 1.54) is 12.1 Å². The van der Waals surface area contributed by atoms with Gasteiger partial charge >= 0.3 is 6.18 Å². The van der Waals surface area contributed by atoms with Gasteiger partial charge in [-0.05, 0) is 37.1 Å². The zero-order chi connectivity index (χ0) is 21.2. The Morgan fingerprint density at radius 1 is 0.967 bits per heavy atom.